The third-order valence-corrected chi connectivity index (χ3v) is 4.66. The van der Waals surface area contributed by atoms with E-state index in [4.69, 9.17) is 5.73 Å². The first-order valence-corrected chi connectivity index (χ1v) is 9.64. The van der Waals surface area contributed by atoms with Gasteiger partial charge in [0, 0.05) is 45.2 Å². The van der Waals surface area contributed by atoms with Crippen molar-refractivity contribution in [2.45, 2.75) is 45.6 Å². The largest absolute Gasteiger partial charge is 0.370 e. The van der Waals surface area contributed by atoms with Crippen molar-refractivity contribution in [1.29, 1.82) is 0 Å². The molecule has 2 amide bonds. The standard InChI is InChI=1S/C20H31N5O2/c1-3-6-19(27)24-17-9-4-7-15(11-17)13-23-20(22-2)25-10-5-8-16(14-25)12-18(21)26/h4,7,9,11,16H,3,5-6,8,10,12-14H2,1-2H3,(H2,21,26)(H,22,23)(H,24,27). The van der Waals surface area contributed by atoms with Gasteiger partial charge in [0.25, 0.3) is 0 Å². The van der Waals surface area contributed by atoms with Gasteiger partial charge in [0.1, 0.15) is 0 Å². The quantitative estimate of drug-likeness (QED) is 0.503. The SMILES string of the molecule is CCCC(=O)Nc1cccc(CNC(=NC)N2CCCC(CC(N)=O)C2)c1. The summed E-state index contributed by atoms with van der Waals surface area (Å²) in [5.41, 5.74) is 7.22. The van der Waals surface area contributed by atoms with E-state index in [-0.39, 0.29) is 17.7 Å². The van der Waals surface area contributed by atoms with Crippen molar-refractivity contribution in [2.75, 3.05) is 25.5 Å². The molecule has 1 saturated heterocycles. The molecule has 2 rings (SSSR count). The number of likely N-dealkylation sites (tertiary alicyclic amines) is 1. The Bertz CT molecular complexity index is 674. The summed E-state index contributed by atoms with van der Waals surface area (Å²) in [6, 6.07) is 7.82. The van der Waals surface area contributed by atoms with Crippen LogP contribution in [0.3, 0.4) is 0 Å². The fourth-order valence-electron chi connectivity index (χ4n) is 3.43. The lowest BCUT2D eigenvalue weighted by atomic mass is 9.95. The average Bonchev–Trinajstić information content (AvgIpc) is 2.62. The van der Waals surface area contributed by atoms with Crippen molar-refractivity contribution in [1.82, 2.24) is 10.2 Å². The zero-order valence-electron chi connectivity index (χ0n) is 16.3. The molecule has 1 heterocycles. The second-order valence-corrected chi connectivity index (χ2v) is 7.02. The smallest absolute Gasteiger partial charge is 0.224 e. The lowest BCUT2D eigenvalue weighted by Gasteiger charge is -2.34. The Hall–Kier alpha value is -2.57. The molecule has 148 valence electrons. The Labute approximate surface area is 161 Å². The van der Waals surface area contributed by atoms with Gasteiger partial charge < -0.3 is 21.3 Å². The van der Waals surface area contributed by atoms with Crippen LogP contribution in [0.5, 0.6) is 0 Å². The van der Waals surface area contributed by atoms with Crippen LogP contribution in [-0.4, -0.2) is 42.8 Å². The molecule has 0 aliphatic carbocycles. The second kappa shape index (κ2) is 10.5. The van der Waals surface area contributed by atoms with E-state index in [2.05, 4.69) is 20.5 Å². The van der Waals surface area contributed by atoms with Gasteiger partial charge in [-0.3, -0.25) is 14.6 Å². The van der Waals surface area contributed by atoms with Gasteiger partial charge in [-0.2, -0.15) is 0 Å². The zero-order chi connectivity index (χ0) is 19.6. The number of primary amides is 1. The summed E-state index contributed by atoms with van der Waals surface area (Å²) in [7, 11) is 1.77. The lowest BCUT2D eigenvalue weighted by molar-refractivity contribution is -0.119. The molecule has 4 N–H and O–H groups in total. The number of hydrogen-bond donors (Lipinski definition) is 3. The van der Waals surface area contributed by atoms with E-state index >= 15 is 0 Å². The molecule has 1 fully saturated rings. The second-order valence-electron chi connectivity index (χ2n) is 7.02. The third-order valence-electron chi connectivity index (χ3n) is 4.66. The molecular formula is C20H31N5O2. The summed E-state index contributed by atoms with van der Waals surface area (Å²) >= 11 is 0. The minimum atomic E-state index is -0.244. The Morgan fingerprint density at radius 3 is 2.89 bits per heavy atom. The van der Waals surface area contributed by atoms with Gasteiger partial charge in [-0.25, -0.2) is 0 Å². The Kier molecular flexibility index (Phi) is 8.10. The first-order valence-electron chi connectivity index (χ1n) is 9.64. The number of guanidine groups is 1. The van der Waals surface area contributed by atoms with E-state index in [1.54, 1.807) is 7.05 Å². The van der Waals surface area contributed by atoms with Crippen molar-refractivity contribution in [3.05, 3.63) is 29.8 Å². The maximum absolute atomic E-state index is 11.8. The van der Waals surface area contributed by atoms with Crippen molar-refractivity contribution in [3.63, 3.8) is 0 Å². The van der Waals surface area contributed by atoms with Gasteiger partial charge >= 0.3 is 0 Å². The predicted molar refractivity (Wildman–Crippen MR) is 108 cm³/mol. The van der Waals surface area contributed by atoms with Crippen LogP contribution in [0.4, 0.5) is 5.69 Å². The summed E-state index contributed by atoms with van der Waals surface area (Å²) in [6.45, 7) is 4.30. The monoisotopic (exact) mass is 373 g/mol. The molecule has 1 aromatic rings. The first kappa shape index (κ1) is 20.7. The van der Waals surface area contributed by atoms with Gasteiger partial charge in [0.2, 0.25) is 11.8 Å². The maximum Gasteiger partial charge on any atom is 0.224 e. The third kappa shape index (κ3) is 6.92. The van der Waals surface area contributed by atoms with E-state index < -0.39 is 0 Å². The van der Waals surface area contributed by atoms with E-state index in [1.807, 2.05) is 31.2 Å². The Balaban J connectivity index is 1.92. The summed E-state index contributed by atoms with van der Waals surface area (Å²) < 4.78 is 0. The van der Waals surface area contributed by atoms with Gasteiger partial charge in [0.05, 0.1) is 0 Å². The molecule has 1 aliphatic heterocycles. The molecule has 1 atom stereocenters. The van der Waals surface area contributed by atoms with Crippen molar-refractivity contribution >= 4 is 23.5 Å². The highest BCUT2D eigenvalue weighted by Crippen LogP contribution is 2.19. The number of hydrogen-bond acceptors (Lipinski definition) is 3. The number of nitrogens with two attached hydrogens (primary N) is 1. The summed E-state index contributed by atoms with van der Waals surface area (Å²) in [5, 5.41) is 6.30. The van der Waals surface area contributed by atoms with E-state index in [0.717, 1.165) is 49.6 Å². The van der Waals surface area contributed by atoms with Crippen LogP contribution in [0.2, 0.25) is 0 Å². The van der Waals surface area contributed by atoms with Crippen LogP contribution < -0.4 is 16.4 Å². The number of benzene rings is 1. The molecule has 7 nitrogen and oxygen atoms in total. The van der Waals surface area contributed by atoms with Gasteiger partial charge in [0.15, 0.2) is 5.96 Å². The molecule has 1 unspecified atom stereocenters. The normalized spacial score (nSPS) is 17.5. The molecule has 1 aromatic carbocycles. The van der Waals surface area contributed by atoms with Crippen LogP contribution in [0.1, 0.15) is 44.6 Å². The molecule has 0 saturated carbocycles. The van der Waals surface area contributed by atoms with Crippen LogP contribution in [0.15, 0.2) is 29.3 Å². The van der Waals surface area contributed by atoms with E-state index in [0.29, 0.717) is 19.4 Å². The maximum atomic E-state index is 11.8. The number of rotatable bonds is 7. The fraction of sp³-hybridized carbons (Fsp3) is 0.550. The van der Waals surface area contributed by atoms with Crippen LogP contribution >= 0.6 is 0 Å². The molecule has 7 heteroatoms. The van der Waals surface area contributed by atoms with Gasteiger partial charge in [-0.15, -0.1) is 0 Å². The summed E-state index contributed by atoms with van der Waals surface area (Å²) in [4.78, 5) is 29.5. The summed E-state index contributed by atoms with van der Waals surface area (Å²) in [5.74, 6) is 0.899. The number of piperidine rings is 1. The Morgan fingerprint density at radius 2 is 2.19 bits per heavy atom. The number of aliphatic imine (C=N–C) groups is 1. The lowest BCUT2D eigenvalue weighted by Crippen LogP contribution is -2.46. The van der Waals surface area contributed by atoms with Crippen molar-refractivity contribution in [3.8, 4) is 0 Å². The number of nitrogens with one attached hydrogen (secondary N) is 2. The first-order chi connectivity index (χ1) is 13.0. The minimum absolute atomic E-state index is 0.0345. The van der Waals surface area contributed by atoms with Crippen molar-refractivity contribution < 1.29 is 9.59 Å². The number of carbonyl (C=O) groups is 2. The Morgan fingerprint density at radius 1 is 1.37 bits per heavy atom. The molecule has 0 aromatic heterocycles. The molecule has 0 spiro atoms. The van der Waals surface area contributed by atoms with Gasteiger partial charge in [-0.05, 0) is 42.9 Å². The molecule has 0 bridgehead atoms. The van der Waals surface area contributed by atoms with E-state index in [1.165, 1.54) is 0 Å². The van der Waals surface area contributed by atoms with Crippen LogP contribution in [0, 0.1) is 5.92 Å². The number of carbonyl (C=O) groups excluding carboxylic acids is 2. The van der Waals surface area contributed by atoms with Crippen LogP contribution in [-0.2, 0) is 16.1 Å². The topological polar surface area (TPSA) is 99.8 Å². The number of nitrogens with zero attached hydrogens (tertiary/aromatic N) is 2. The zero-order valence-corrected chi connectivity index (χ0v) is 16.3. The predicted octanol–water partition coefficient (Wildman–Crippen LogP) is 2.09. The number of anilines is 1. The minimum Gasteiger partial charge on any atom is -0.370 e. The molecule has 0 radical (unpaired) electrons. The van der Waals surface area contributed by atoms with Gasteiger partial charge in [-0.1, -0.05) is 19.1 Å². The van der Waals surface area contributed by atoms with Crippen LogP contribution in [0.25, 0.3) is 0 Å². The molecular weight excluding hydrogens is 342 g/mol. The number of amides is 2. The molecule has 27 heavy (non-hydrogen) atoms. The average molecular weight is 374 g/mol. The fourth-order valence-corrected chi connectivity index (χ4v) is 3.43. The van der Waals surface area contributed by atoms with Crippen molar-refractivity contribution in [2.24, 2.45) is 16.6 Å². The summed E-state index contributed by atoms with van der Waals surface area (Å²) in [6.07, 6.45) is 3.83. The molecule has 1 aliphatic rings. The highest BCUT2D eigenvalue weighted by Gasteiger charge is 2.23. The van der Waals surface area contributed by atoms with E-state index in [9.17, 15) is 9.59 Å². The highest BCUT2D eigenvalue weighted by molar-refractivity contribution is 5.90. The highest BCUT2D eigenvalue weighted by atomic mass is 16.1.